The number of nitrogens with zero attached hydrogens (tertiary/aromatic N) is 2. The van der Waals surface area contributed by atoms with Crippen molar-refractivity contribution in [2.24, 2.45) is 5.73 Å². The molecule has 2 aromatic rings. The Morgan fingerprint density at radius 2 is 2.11 bits per heavy atom. The van der Waals surface area contributed by atoms with Crippen LogP contribution >= 0.6 is 0 Å². The molecule has 1 heterocycles. The van der Waals surface area contributed by atoms with Crippen molar-refractivity contribution in [3.05, 3.63) is 48.3 Å². The molecule has 19 heavy (non-hydrogen) atoms. The summed E-state index contributed by atoms with van der Waals surface area (Å²) in [5.74, 6) is -0.245. The Balaban J connectivity index is 2.15. The Labute approximate surface area is 112 Å². The van der Waals surface area contributed by atoms with Crippen LogP contribution in [-0.2, 0) is 6.54 Å². The molecule has 3 N–H and O–H groups in total. The number of rotatable bonds is 6. The number of hydrogen-bond acceptors (Lipinski definition) is 3. The number of halogens is 1. The Kier molecular flexibility index (Phi) is 4.52. The zero-order chi connectivity index (χ0) is 13.7. The molecule has 1 aromatic carbocycles. The molecule has 5 heteroatoms. The zero-order valence-electron chi connectivity index (χ0n) is 11.0. The van der Waals surface area contributed by atoms with Gasteiger partial charge in [-0.05, 0) is 30.7 Å². The molecule has 0 bridgehead atoms. The molecule has 102 valence electrons. The maximum atomic E-state index is 12.9. The fourth-order valence-electron chi connectivity index (χ4n) is 2.05. The number of nitrogens with one attached hydrogen (secondary N) is 1. The highest BCUT2D eigenvalue weighted by Gasteiger charge is 2.14. The van der Waals surface area contributed by atoms with Crippen LogP contribution in [-0.4, -0.2) is 16.1 Å². The van der Waals surface area contributed by atoms with Crippen LogP contribution in [0.1, 0.15) is 25.1 Å². The number of aryl methyl sites for hydroxylation is 1. The summed E-state index contributed by atoms with van der Waals surface area (Å²) in [5.41, 5.74) is 7.73. The van der Waals surface area contributed by atoms with Crippen molar-refractivity contribution in [1.82, 2.24) is 9.55 Å². The lowest BCUT2D eigenvalue weighted by Gasteiger charge is -2.19. The van der Waals surface area contributed by atoms with Gasteiger partial charge < -0.3 is 15.6 Å². The molecular weight excluding hydrogens is 243 g/mol. The van der Waals surface area contributed by atoms with Gasteiger partial charge in [0, 0.05) is 18.8 Å². The van der Waals surface area contributed by atoms with Crippen molar-refractivity contribution in [1.29, 1.82) is 0 Å². The minimum absolute atomic E-state index is 0.0282. The van der Waals surface area contributed by atoms with Gasteiger partial charge in [-0.15, -0.1) is 0 Å². The van der Waals surface area contributed by atoms with E-state index >= 15 is 0 Å². The van der Waals surface area contributed by atoms with Gasteiger partial charge in [0.15, 0.2) is 0 Å². The third kappa shape index (κ3) is 3.32. The maximum Gasteiger partial charge on any atom is 0.123 e. The van der Waals surface area contributed by atoms with Gasteiger partial charge in [0.2, 0.25) is 0 Å². The molecular formula is C14H19FN4. The molecule has 0 saturated carbocycles. The van der Waals surface area contributed by atoms with Gasteiger partial charge >= 0.3 is 0 Å². The van der Waals surface area contributed by atoms with E-state index in [1.54, 1.807) is 12.1 Å². The number of aromatic nitrogens is 2. The first kappa shape index (κ1) is 13.5. The first-order chi connectivity index (χ1) is 9.24. The second-order valence-corrected chi connectivity index (χ2v) is 4.45. The highest BCUT2D eigenvalue weighted by atomic mass is 19.1. The topological polar surface area (TPSA) is 55.9 Å². The third-order valence-electron chi connectivity index (χ3n) is 2.99. The molecule has 2 rings (SSSR count). The third-order valence-corrected chi connectivity index (χ3v) is 2.99. The quantitative estimate of drug-likeness (QED) is 0.841. The van der Waals surface area contributed by atoms with Gasteiger partial charge in [-0.25, -0.2) is 9.37 Å². The van der Waals surface area contributed by atoms with Crippen molar-refractivity contribution in [2.75, 3.05) is 11.9 Å². The maximum absolute atomic E-state index is 12.9. The summed E-state index contributed by atoms with van der Waals surface area (Å²) in [6.45, 7) is 3.48. The molecule has 4 nitrogen and oxygen atoms in total. The summed E-state index contributed by atoms with van der Waals surface area (Å²) in [7, 11) is 0. The van der Waals surface area contributed by atoms with Crippen molar-refractivity contribution in [2.45, 2.75) is 25.9 Å². The fraction of sp³-hybridized carbons (Fsp3) is 0.357. The summed E-state index contributed by atoms with van der Waals surface area (Å²) in [6.07, 6.45) is 4.68. The Bertz CT molecular complexity index is 506. The molecule has 1 aromatic heterocycles. The van der Waals surface area contributed by atoms with Gasteiger partial charge in [-0.1, -0.05) is 6.92 Å². The highest BCUT2D eigenvalue weighted by molar-refractivity contribution is 5.44. The average Bonchev–Trinajstić information content (AvgIpc) is 2.87. The molecule has 0 aliphatic carbocycles. The predicted octanol–water partition coefficient (Wildman–Crippen LogP) is 2.54. The molecule has 0 fully saturated rings. The second kappa shape index (κ2) is 6.33. The summed E-state index contributed by atoms with van der Waals surface area (Å²) in [6, 6.07) is 6.25. The Morgan fingerprint density at radius 3 is 2.74 bits per heavy atom. The van der Waals surface area contributed by atoms with Crippen LogP contribution in [0.5, 0.6) is 0 Å². The number of benzene rings is 1. The van der Waals surface area contributed by atoms with E-state index in [4.69, 9.17) is 5.73 Å². The van der Waals surface area contributed by atoms with Gasteiger partial charge in [0.05, 0.1) is 24.3 Å². The molecule has 0 radical (unpaired) electrons. The van der Waals surface area contributed by atoms with Crippen LogP contribution in [0.25, 0.3) is 0 Å². The Hall–Kier alpha value is -1.88. The SMILES string of the molecule is CCCn1cncc1C(CN)Nc1ccc(F)cc1. The number of imidazole rings is 1. The van der Waals surface area contributed by atoms with Gasteiger partial charge in [0.1, 0.15) is 5.82 Å². The summed E-state index contributed by atoms with van der Waals surface area (Å²) < 4.78 is 15.0. The lowest BCUT2D eigenvalue weighted by molar-refractivity contribution is 0.612. The van der Waals surface area contributed by atoms with Crippen LogP contribution in [0.15, 0.2) is 36.8 Å². The van der Waals surface area contributed by atoms with E-state index in [1.807, 2.05) is 12.5 Å². The van der Waals surface area contributed by atoms with E-state index in [9.17, 15) is 4.39 Å². The van der Waals surface area contributed by atoms with Crippen molar-refractivity contribution >= 4 is 5.69 Å². The van der Waals surface area contributed by atoms with E-state index in [-0.39, 0.29) is 11.9 Å². The van der Waals surface area contributed by atoms with Crippen LogP contribution < -0.4 is 11.1 Å². The summed E-state index contributed by atoms with van der Waals surface area (Å²) >= 11 is 0. The van der Waals surface area contributed by atoms with E-state index in [2.05, 4.69) is 21.8 Å². The summed E-state index contributed by atoms with van der Waals surface area (Å²) in [4.78, 5) is 4.17. The monoisotopic (exact) mass is 262 g/mol. The molecule has 0 saturated heterocycles. The van der Waals surface area contributed by atoms with Gasteiger partial charge in [-0.2, -0.15) is 0 Å². The average molecular weight is 262 g/mol. The van der Waals surface area contributed by atoms with Crippen LogP contribution in [0.4, 0.5) is 10.1 Å². The lowest BCUT2D eigenvalue weighted by atomic mass is 10.2. The van der Waals surface area contributed by atoms with Crippen molar-refractivity contribution in [3.63, 3.8) is 0 Å². The van der Waals surface area contributed by atoms with E-state index in [0.29, 0.717) is 6.54 Å². The first-order valence-corrected chi connectivity index (χ1v) is 6.46. The fourth-order valence-corrected chi connectivity index (χ4v) is 2.05. The number of anilines is 1. The van der Waals surface area contributed by atoms with E-state index in [0.717, 1.165) is 24.3 Å². The highest BCUT2D eigenvalue weighted by Crippen LogP contribution is 2.19. The molecule has 0 aliphatic heterocycles. The van der Waals surface area contributed by atoms with Crippen molar-refractivity contribution in [3.8, 4) is 0 Å². The van der Waals surface area contributed by atoms with Crippen LogP contribution in [0.2, 0.25) is 0 Å². The van der Waals surface area contributed by atoms with Gasteiger partial charge in [-0.3, -0.25) is 0 Å². The standard InChI is InChI=1S/C14H19FN4/c1-2-7-19-10-17-9-14(19)13(8-16)18-12-5-3-11(15)4-6-12/h3-6,9-10,13,18H,2,7-8,16H2,1H3. The minimum atomic E-state index is -0.245. The molecule has 1 unspecified atom stereocenters. The van der Waals surface area contributed by atoms with Crippen molar-refractivity contribution < 1.29 is 4.39 Å². The van der Waals surface area contributed by atoms with Crippen LogP contribution in [0, 0.1) is 5.82 Å². The van der Waals surface area contributed by atoms with Gasteiger partial charge in [0.25, 0.3) is 0 Å². The second-order valence-electron chi connectivity index (χ2n) is 4.45. The first-order valence-electron chi connectivity index (χ1n) is 6.46. The Morgan fingerprint density at radius 1 is 1.37 bits per heavy atom. The minimum Gasteiger partial charge on any atom is -0.375 e. The van der Waals surface area contributed by atoms with Crippen LogP contribution in [0.3, 0.4) is 0 Å². The number of hydrogen-bond donors (Lipinski definition) is 2. The van der Waals surface area contributed by atoms with E-state index in [1.165, 1.54) is 12.1 Å². The zero-order valence-corrected chi connectivity index (χ0v) is 11.0. The molecule has 0 amide bonds. The largest absolute Gasteiger partial charge is 0.375 e. The molecule has 1 atom stereocenters. The number of nitrogens with two attached hydrogens (primary N) is 1. The smallest absolute Gasteiger partial charge is 0.123 e. The summed E-state index contributed by atoms with van der Waals surface area (Å²) in [5, 5.41) is 3.30. The van der Waals surface area contributed by atoms with E-state index < -0.39 is 0 Å². The normalized spacial score (nSPS) is 12.4. The predicted molar refractivity (Wildman–Crippen MR) is 74.3 cm³/mol. The molecule has 0 spiro atoms. The lowest BCUT2D eigenvalue weighted by Crippen LogP contribution is -2.23. The molecule has 0 aliphatic rings.